The van der Waals surface area contributed by atoms with E-state index in [1.807, 2.05) is 5.38 Å². The Morgan fingerprint density at radius 2 is 1.92 bits per heavy atom. The van der Waals surface area contributed by atoms with Gasteiger partial charge in [0, 0.05) is 17.6 Å². The summed E-state index contributed by atoms with van der Waals surface area (Å²) in [4.78, 5) is 2.39. The van der Waals surface area contributed by atoms with Crippen molar-refractivity contribution in [1.82, 2.24) is 9.62 Å². The van der Waals surface area contributed by atoms with Crippen molar-refractivity contribution in [3.8, 4) is 0 Å². The van der Waals surface area contributed by atoms with Crippen LogP contribution in [0.4, 0.5) is 0 Å². The Labute approximate surface area is 158 Å². The Balaban J connectivity index is 1.68. The second kappa shape index (κ2) is 8.64. The molecule has 1 atom stereocenters. The van der Waals surface area contributed by atoms with E-state index in [0.29, 0.717) is 17.1 Å². The van der Waals surface area contributed by atoms with Gasteiger partial charge in [0.1, 0.15) is 0 Å². The summed E-state index contributed by atoms with van der Waals surface area (Å²) < 4.78 is 27.8. The summed E-state index contributed by atoms with van der Waals surface area (Å²) in [5.41, 5.74) is 1.81. The van der Waals surface area contributed by atoms with Gasteiger partial charge in [-0.25, -0.2) is 13.1 Å². The van der Waals surface area contributed by atoms with Gasteiger partial charge in [0.25, 0.3) is 0 Å². The zero-order valence-electron chi connectivity index (χ0n) is 14.0. The summed E-state index contributed by atoms with van der Waals surface area (Å²) in [6, 6.07) is 9.25. The van der Waals surface area contributed by atoms with Gasteiger partial charge in [-0.1, -0.05) is 36.2 Å². The molecule has 0 amide bonds. The van der Waals surface area contributed by atoms with E-state index >= 15 is 0 Å². The monoisotopic (exact) mass is 398 g/mol. The normalized spacial score (nSPS) is 17.5. The molecule has 2 heterocycles. The second-order valence-electron chi connectivity index (χ2n) is 6.37. The highest BCUT2D eigenvalue weighted by atomic mass is 35.5. The highest BCUT2D eigenvalue weighted by molar-refractivity contribution is 7.88. The zero-order chi connectivity index (χ0) is 17.7. The Morgan fingerprint density at radius 1 is 1.16 bits per heavy atom. The third-order valence-electron chi connectivity index (χ3n) is 4.56. The molecular formula is C18H23ClN2O2S2. The molecule has 0 radical (unpaired) electrons. The SMILES string of the molecule is O=S(=O)(Cc1ccccc1Cl)NCC(c1ccsc1)N1CCCCC1. The molecule has 1 fully saturated rings. The molecule has 0 spiro atoms. The van der Waals surface area contributed by atoms with Crippen LogP contribution in [0.3, 0.4) is 0 Å². The van der Waals surface area contributed by atoms with Crippen molar-refractivity contribution >= 4 is 33.0 Å². The molecule has 136 valence electrons. The number of benzene rings is 1. The van der Waals surface area contributed by atoms with Gasteiger partial charge < -0.3 is 0 Å². The highest BCUT2D eigenvalue weighted by Gasteiger charge is 2.24. The lowest BCUT2D eigenvalue weighted by molar-refractivity contribution is 0.165. The van der Waals surface area contributed by atoms with Gasteiger partial charge in [0.2, 0.25) is 10.0 Å². The Morgan fingerprint density at radius 3 is 2.60 bits per heavy atom. The molecule has 0 aliphatic carbocycles. The van der Waals surface area contributed by atoms with Gasteiger partial charge >= 0.3 is 0 Å². The van der Waals surface area contributed by atoms with Crippen LogP contribution in [0.1, 0.15) is 36.4 Å². The third kappa shape index (κ3) is 5.28. The summed E-state index contributed by atoms with van der Waals surface area (Å²) in [5.74, 6) is -0.0942. The predicted octanol–water partition coefficient (Wildman–Crippen LogP) is 4.05. The van der Waals surface area contributed by atoms with Gasteiger partial charge in [-0.3, -0.25) is 4.90 Å². The number of nitrogens with zero attached hydrogens (tertiary/aromatic N) is 1. The van der Waals surface area contributed by atoms with E-state index in [4.69, 9.17) is 11.6 Å². The van der Waals surface area contributed by atoms with E-state index in [9.17, 15) is 8.42 Å². The average molecular weight is 399 g/mol. The first-order chi connectivity index (χ1) is 12.1. The fourth-order valence-corrected chi connectivity index (χ4v) is 5.39. The van der Waals surface area contributed by atoms with Gasteiger partial charge in [-0.15, -0.1) is 0 Å². The van der Waals surface area contributed by atoms with Crippen LogP contribution < -0.4 is 4.72 Å². The third-order valence-corrected chi connectivity index (χ3v) is 6.93. The molecule has 3 rings (SSSR count). The van der Waals surface area contributed by atoms with Crippen LogP contribution in [0.2, 0.25) is 5.02 Å². The molecule has 1 aromatic carbocycles. The molecule has 1 saturated heterocycles. The molecule has 1 N–H and O–H groups in total. The first-order valence-corrected chi connectivity index (χ1v) is 11.5. The van der Waals surface area contributed by atoms with Crippen molar-refractivity contribution in [2.45, 2.75) is 31.1 Å². The predicted molar refractivity (Wildman–Crippen MR) is 105 cm³/mol. The molecule has 1 aliphatic rings. The van der Waals surface area contributed by atoms with E-state index in [2.05, 4.69) is 21.1 Å². The highest BCUT2D eigenvalue weighted by Crippen LogP contribution is 2.26. The fraction of sp³-hybridized carbons (Fsp3) is 0.444. The van der Waals surface area contributed by atoms with Crippen molar-refractivity contribution in [2.24, 2.45) is 0 Å². The number of rotatable bonds is 7. The maximum atomic E-state index is 12.5. The maximum absolute atomic E-state index is 12.5. The lowest BCUT2D eigenvalue weighted by Gasteiger charge is -2.34. The van der Waals surface area contributed by atoms with Gasteiger partial charge in [0.05, 0.1) is 5.75 Å². The van der Waals surface area contributed by atoms with Crippen molar-refractivity contribution in [3.05, 3.63) is 57.2 Å². The lowest BCUT2D eigenvalue weighted by Crippen LogP contribution is -2.40. The Hall–Kier alpha value is -0.920. The first-order valence-electron chi connectivity index (χ1n) is 8.52. The van der Waals surface area contributed by atoms with E-state index < -0.39 is 10.0 Å². The molecule has 1 aromatic heterocycles. The van der Waals surface area contributed by atoms with Crippen LogP contribution in [0.25, 0.3) is 0 Å². The minimum Gasteiger partial charge on any atom is -0.295 e. The quantitative estimate of drug-likeness (QED) is 0.765. The molecule has 0 saturated carbocycles. The van der Waals surface area contributed by atoms with E-state index in [-0.39, 0.29) is 11.8 Å². The summed E-state index contributed by atoms with van der Waals surface area (Å²) in [7, 11) is -3.44. The fourth-order valence-electron chi connectivity index (χ4n) is 3.23. The van der Waals surface area contributed by atoms with Crippen molar-refractivity contribution < 1.29 is 8.42 Å². The summed E-state index contributed by atoms with van der Waals surface area (Å²) >= 11 is 7.75. The number of nitrogens with one attached hydrogen (secondary N) is 1. The first kappa shape index (κ1) is 18.9. The smallest absolute Gasteiger partial charge is 0.215 e. The van der Waals surface area contributed by atoms with E-state index in [0.717, 1.165) is 13.1 Å². The van der Waals surface area contributed by atoms with Crippen molar-refractivity contribution in [3.63, 3.8) is 0 Å². The van der Waals surface area contributed by atoms with Crippen LogP contribution >= 0.6 is 22.9 Å². The van der Waals surface area contributed by atoms with Crippen molar-refractivity contribution in [2.75, 3.05) is 19.6 Å². The van der Waals surface area contributed by atoms with Gasteiger partial charge in [-0.2, -0.15) is 11.3 Å². The number of piperidine rings is 1. The van der Waals surface area contributed by atoms with Gasteiger partial charge in [0.15, 0.2) is 0 Å². The molecule has 25 heavy (non-hydrogen) atoms. The van der Waals surface area contributed by atoms with Crippen LogP contribution in [0.15, 0.2) is 41.1 Å². The van der Waals surface area contributed by atoms with E-state index in [1.54, 1.807) is 35.6 Å². The number of sulfonamides is 1. The number of likely N-dealkylation sites (tertiary alicyclic amines) is 1. The molecule has 7 heteroatoms. The second-order valence-corrected chi connectivity index (χ2v) is 9.36. The Kier molecular flexibility index (Phi) is 6.52. The maximum Gasteiger partial charge on any atom is 0.215 e. The van der Waals surface area contributed by atoms with Crippen LogP contribution in [-0.2, 0) is 15.8 Å². The summed E-state index contributed by atoms with van der Waals surface area (Å²) in [6.07, 6.45) is 3.60. The minimum atomic E-state index is -3.44. The zero-order valence-corrected chi connectivity index (χ0v) is 16.4. The number of hydrogen-bond acceptors (Lipinski definition) is 4. The standard InChI is InChI=1S/C18H23ClN2O2S2/c19-17-7-3-2-6-16(17)14-25(22,23)20-12-18(15-8-11-24-13-15)21-9-4-1-5-10-21/h2-3,6-8,11,13,18,20H,1,4-5,9-10,12,14H2. The summed E-state index contributed by atoms with van der Waals surface area (Å²) in [6.45, 7) is 2.43. The van der Waals surface area contributed by atoms with Gasteiger partial charge in [-0.05, 0) is 60.0 Å². The molecule has 0 bridgehead atoms. The lowest BCUT2D eigenvalue weighted by atomic mass is 10.0. The molecule has 2 aromatic rings. The molecule has 1 unspecified atom stereocenters. The molecular weight excluding hydrogens is 376 g/mol. The minimum absolute atomic E-state index is 0.0903. The Bertz CT molecular complexity index is 772. The number of hydrogen-bond donors (Lipinski definition) is 1. The number of halogens is 1. The average Bonchev–Trinajstić information content (AvgIpc) is 3.12. The summed E-state index contributed by atoms with van der Waals surface area (Å²) in [5, 5.41) is 4.64. The van der Waals surface area contributed by atoms with Crippen molar-refractivity contribution in [1.29, 1.82) is 0 Å². The van der Waals surface area contributed by atoms with Crippen LogP contribution in [-0.4, -0.2) is 33.0 Å². The topological polar surface area (TPSA) is 49.4 Å². The molecule has 1 aliphatic heterocycles. The number of thiophene rings is 1. The largest absolute Gasteiger partial charge is 0.295 e. The molecule has 4 nitrogen and oxygen atoms in total. The van der Waals surface area contributed by atoms with Crippen LogP contribution in [0.5, 0.6) is 0 Å². The van der Waals surface area contributed by atoms with Crippen LogP contribution in [0, 0.1) is 0 Å². The van der Waals surface area contributed by atoms with E-state index in [1.165, 1.54) is 24.8 Å².